The molecule has 0 saturated carbocycles. The van der Waals surface area contributed by atoms with E-state index in [9.17, 15) is 0 Å². The number of aromatic nitrogens is 4. The molecule has 0 atom stereocenters. The molecule has 0 fully saturated rings. The van der Waals surface area contributed by atoms with E-state index in [1.165, 1.54) is 0 Å². The molecule has 2 aromatic rings. The van der Waals surface area contributed by atoms with Gasteiger partial charge in [-0.2, -0.15) is 15.0 Å². The molecule has 0 aliphatic heterocycles. The van der Waals surface area contributed by atoms with Crippen LogP contribution in [0.15, 0.2) is 12.3 Å². The molecule has 32 heavy (non-hydrogen) atoms. The molecule has 2 aromatic heterocycles. The van der Waals surface area contributed by atoms with Gasteiger partial charge in [-0.15, -0.1) is 0 Å². The van der Waals surface area contributed by atoms with Crippen molar-refractivity contribution in [1.29, 1.82) is 0 Å². The van der Waals surface area contributed by atoms with Gasteiger partial charge in [-0.25, -0.2) is 4.98 Å². The fourth-order valence-electron chi connectivity index (χ4n) is 2.44. The summed E-state index contributed by atoms with van der Waals surface area (Å²) < 4.78 is 23.9. The minimum absolute atomic E-state index is 0.200. The average Bonchev–Trinajstić information content (AvgIpc) is 2.47. The Morgan fingerprint density at radius 3 is 1.56 bits per heavy atom. The van der Waals surface area contributed by atoms with Crippen LogP contribution in [0.5, 0.6) is 23.8 Å². The summed E-state index contributed by atoms with van der Waals surface area (Å²) in [6, 6.07) is 2.16. The van der Waals surface area contributed by atoms with Crippen LogP contribution in [0, 0.1) is 0 Å². The maximum Gasteiger partial charge on any atom is 0.320 e. The first-order valence-electron chi connectivity index (χ1n) is 10.8. The lowest BCUT2D eigenvalue weighted by molar-refractivity contribution is 0.103. The molecule has 0 spiro atoms. The number of hydrogen-bond donors (Lipinski definition) is 0. The number of nitrogens with zero attached hydrogens (tertiary/aromatic N) is 4. The summed E-state index contributed by atoms with van der Waals surface area (Å²) >= 11 is 0. The summed E-state index contributed by atoms with van der Waals surface area (Å²) in [5.74, 6) is 0.743. The molecule has 0 bridgehead atoms. The molecule has 8 nitrogen and oxygen atoms in total. The highest BCUT2D eigenvalue weighted by molar-refractivity contribution is 5.65. The van der Waals surface area contributed by atoms with Crippen LogP contribution >= 0.6 is 0 Å². The average molecular weight is 447 g/mol. The second-order valence-corrected chi connectivity index (χ2v) is 11.6. The van der Waals surface area contributed by atoms with Crippen LogP contribution in [0.1, 0.15) is 83.1 Å². The van der Waals surface area contributed by atoms with Crippen molar-refractivity contribution in [3.63, 3.8) is 0 Å². The summed E-state index contributed by atoms with van der Waals surface area (Å²) in [6.45, 7) is 23.3. The predicted molar refractivity (Wildman–Crippen MR) is 125 cm³/mol. The van der Waals surface area contributed by atoms with Crippen LogP contribution in [0.3, 0.4) is 0 Å². The van der Waals surface area contributed by atoms with E-state index in [2.05, 4.69) is 19.9 Å². The Hall–Kier alpha value is -2.64. The number of ether oxygens (including phenoxy) is 4. The number of rotatable bonds is 5. The van der Waals surface area contributed by atoms with Crippen molar-refractivity contribution < 1.29 is 18.9 Å². The van der Waals surface area contributed by atoms with Crippen molar-refractivity contribution in [2.45, 2.75) is 105 Å². The molecular weight excluding hydrogens is 408 g/mol. The van der Waals surface area contributed by atoms with Crippen LogP contribution in [-0.4, -0.2) is 42.3 Å². The third-order valence-electron chi connectivity index (χ3n) is 3.30. The van der Waals surface area contributed by atoms with E-state index < -0.39 is 22.4 Å². The van der Waals surface area contributed by atoms with E-state index >= 15 is 0 Å². The Balaban J connectivity index is 2.64. The van der Waals surface area contributed by atoms with Gasteiger partial charge < -0.3 is 18.9 Å². The first-order chi connectivity index (χ1) is 14.3. The fourth-order valence-corrected chi connectivity index (χ4v) is 2.44. The van der Waals surface area contributed by atoms with Crippen LogP contribution < -0.4 is 18.9 Å². The largest absolute Gasteiger partial charge is 0.472 e. The minimum atomic E-state index is -0.495. The van der Waals surface area contributed by atoms with Gasteiger partial charge in [-0.1, -0.05) is 0 Å². The third-order valence-corrected chi connectivity index (χ3v) is 3.30. The topological polar surface area (TPSA) is 88.5 Å². The van der Waals surface area contributed by atoms with Gasteiger partial charge in [0.1, 0.15) is 22.4 Å². The van der Waals surface area contributed by atoms with Gasteiger partial charge in [0.25, 0.3) is 0 Å². The van der Waals surface area contributed by atoms with Crippen LogP contribution in [0.25, 0.3) is 11.3 Å². The van der Waals surface area contributed by atoms with Crippen LogP contribution in [-0.2, 0) is 0 Å². The van der Waals surface area contributed by atoms with Crippen molar-refractivity contribution in [1.82, 2.24) is 19.9 Å². The molecule has 178 valence electrons. The van der Waals surface area contributed by atoms with E-state index in [4.69, 9.17) is 18.9 Å². The highest BCUT2D eigenvalue weighted by Crippen LogP contribution is 2.34. The van der Waals surface area contributed by atoms with E-state index in [-0.39, 0.29) is 12.0 Å². The van der Waals surface area contributed by atoms with Crippen molar-refractivity contribution in [3.8, 4) is 35.0 Å². The van der Waals surface area contributed by atoms with Gasteiger partial charge in [-0.3, -0.25) is 0 Å². The highest BCUT2D eigenvalue weighted by Gasteiger charge is 2.25. The van der Waals surface area contributed by atoms with Gasteiger partial charge in [0, 0.05) is 12.3 Å². The summed E-state index contributed by atoms with van der Waals surface area (Å²) in [6.07, 6.45) is 1.64. The van der Waals surface area contributed by atoms with Crippen LogP contribution in [0.4, 0.5) is 0 Å². The lowest BCUT2D eigenvalue weighted by atomic mass is 10.1. The molecule has 0 saturated heterocycles. The first kappa shape index (κ1) is 25.6. The van der Waals surface area contributed by atoms with Crippen molar-refractivity contribution in [2.24, 2.45) is 0 Å². The molecular formula is C24H38N4O4. The van der Waals surface area contributed by atoms with E-state index in [1.807, 2.05) is 83.1 Å². The predicted octanol–water partition coefficient (Wildman–Crippen LogP) is 5.64. The van der Waals surface area contributed by atoms with Crippen molar-refractivity contribution >= 4 is 0 Å². The van der Waals surface area contributed by atoms with Gasteiger partial charge in [0.15, 0.2) is 0 Å². The Morgan fingerprint density at radius 1 is 0.562 bits per heavy atom. The van der Waals surface area contributed by atoms with Gasteiger partial charge >= 0.3 is 12.0 Å². The Morgan fingerprint density at radius 2 is 1.06 bits per heavy atom. The SMILES string of the molecule is CC(C)(C)Oc1cc(-c2cnc(OC(C)(C)C)nc2OC(C)(C)C)nc(OC(C)(C)C)n1. The molecule has 0 aliphatic rings. The normalized spacial score (nSPS) is 13.0. The molecule has 0 N–H and O–H groups in total. The van der Waals surface area contributed by atoms with Crippen LogP contribution in [0.2, 0.25) is 0 Å². The third kappa shape index (κ3) is 8.85. The first-order valence-corrected chi connectivity index (χ1v) is 10.8. The second-order valence-electron chi connectivity index (χ2n) is 11.6. The lowest BCUT2D eigenvalue weighted by Gasteiger charge is -2.25. The molecule has 0 radical (unpaired) electrons. The Kier molecular flexibility index (Phi) is 6.98. The van der Waals surface area contributed by atoms with Gasteiger partial charge in [0.2, 0.25) is 11.8 Å². The summed E-state index contributed by atoms with van der Waals surface area (Å²) in [5.41, 5.74) is -0.762. The number of hydrogen-bond acceptors (Lipinski definition) is 8. The second kappa shape index (κ2) is 8.71. The zero-order valence-electron chi connectivity index (χ0n) is 21.6. The summed E-state index contributed by atoms with van der Waals surface area (Å²) in [7, 11) is 0. The van der Waals surface area contributed by atoms with E-state index in [0.717, 1.165) is 0 Å². The standard InChI is InChI=1S/C24H38N4O4/c1-21(2,3)29-17-13-16(26-20(27-17)32-24(10,11)12)15-14-25-19(31-23(7,8)9)28-18(15)30-22(4,5)6/h13-14H,1-12H3. The Bertz CT molecular complexity index is 899. The Labute approximate surface area is 192 Å². The van der Waals surface area contributed by atoms with E-state index in [1.54, 1.807) is 12.3 Å². The molecule has 0 aromatic carbocycles. The molecule has 0 amide bonds. The smallest absolute Gasteiger partial charge is 0.320 e. The zero-order valence-corrected chi connectivity index (χ0v) is 21.6. The quantitative estimate of drug-likeness (QED) is 0.583. The van der Waals surface area contributed by atoms with Crippen molar-refractivity contribution in [2.75, 3.05) is 0 Å². The molecule has 8 heteroatoms. The molecule has 0 aliphatic carbocycles. The maximum absolute atomic E-state index is 6.15. The molecule has 2 heterocycles. The minimum Gasteiger partial charge on any atom is -0.472 e. The summed E-state index contributed by atoms with van der Waals surface area (Å²) in [5, 5.41) is 0. The summed E-state index contributed by atoms with van der Waals surface area (Å²) in [4.78, 5) is 18.0. The molecule has 2 rings (SSSR count). The highest BCUT2D eigenvalue weighted by atomic mass is 16.5. The fraction of sp³-hybridized carbons (Fsp3) is 0.667. The van der Waals surface area contributed by atoms with Gasteiger partial charge in [-0.05, 0) is 83.1 Å². The van der Waals surface area contributed by atoms with E-state index in [0.29, 0.717) is 23.0 Å². The monoisotopic (exact) mass is 446 g/mol. The maximum atomic E-state index is 6.15. The lowest BCUT2D eigenvalue weighted by Crippen LogP contribution is -2.27. The van der Waals surface area contributed by atoms with Crippen molar-refractivity contribution in [3.05, 3.63) is 12.3 Å². The molecule has 0 unspecified atom stereocenters. The zero-order chi connectivity index (χ0) is 24.5. The van der Waals surface area contributed by atoms with Gasteiger partial charge in [0.05, 0.1) is 11.3 Å².